The van der Waals surface area contributed by atoms with E-state index in [9.17, 15) is 28.3 Å². The number of carbonyl (C=O) groups is 2. The molecule has 31 heavy (non-hydrogen) atoms. The summed E-state index contributed by atoms with van der Waals surface area (Å²) < 4.78 is 28.3. The van der Waals surface area contributed by atoms with E-state index in [4.69, 9.17) is 0 Å². The average molecular weight is 432 g/mol. The number of fused-ring (bicyclic) bond motifs is 2. The van der Waals surface area contributed by atoms with Gasteiger partial charge in [0.1, 0.15) is 23.4 Å². The quantitative estimate of drug-likeness (QED) is 0.762. The molecule has 2 N–H and O–H groups in total. The summed E-state index contributed by atoms with van der Waals surface area (Å²) in [7, 11) is 1.88. The molecule has 1 aromatic heterocycles. The molecule has 8 nitrogen and oxygen atoms in total. The fourth-order valence-electron chi connectivity index (χ4n) is 4.16. The van der Waals surface area contributed by atoms with Crippen LogP contribution in [0.15, 0.2) is 29.2 Å². The van der Waals surface area contributed by atoms with Gasteiger partial charge in [-0.05, 0) is 26.5 Å². The second-order valence-corrected chi connectivity index (χ2v) is 7.95. The molecule has 0 spiro atoms. The average Bonchev–Trinajstić information content (AvgIpc) is 2.72. The van der Waals surface area contributed by atoms with Gasteiger partial charge in [-0.3, -0.25) is 19.3 Å². The number of nitrogens with zero attached hydrogens (tertiary/aromatic N) is 3. The number of pyridine rings is 1. The SMILES string of the molecule is CC1CCN(C)C2Cn3cc(C(=O)NCc4ccc(F)cc4F)c(=O)c(O)c3C(=O)N12. The molecule has 0 saturated carbocycles. The van der Waals surface area contributed by atoms with Crippen LogP contribution in [0.4, 0.5) is 8.78 Å². The Kier molecular flexibility index (Phi) is 5.26. The second-order valence-electron chi connectivity index (χ2n) is 7.95. The van der Waals surface area contributed by atoms with E-state index in [1.54, 1.807) is 4.90 Å². The third-order valence-electron chi connectivity index (χ3n) is 5.96. The molecular weight excluding hydrogens is 410 g/mol. The molecule has 3 heterocycles. The van der Waals surface area contributed by atoms with Crippen molar-refractivity contribution in [2.45, 2.75) is 38.6 Å². The third kappa shape index (κ3) is 3.56. The Morgan fingerprint density at radius 2 is 2.03 bits per heavy atom. The van der Waals surface area contributed by atoms with Crippen LogP contribution in [0.2, 0.25) is 0 Å². The lowest BCUT2D eigenvalue weighted by Gasteiger charge is -2.49. The van der Waals surface area contributed by atoms with Crippen molar-refractivity contribution >= 4 is 11.8 Å². The van der Waals surface area contributed by atoms with E-state index in [0.717, 1.165) is 19.0 Å². The van der Waals surface area contributed by atoms with Crippen molar-refractivity contribution in [3.05, 3.63) is 63.1 Å². The molecule has 0 radical (unpaired) electrons. The Balaban J connectivity index is 1.64. The summed E-state index contributed by atoms with van der Waals surface area (Å²) in [6.07, 6.45) is 1.75. The first-order valence-electron chi connectivity index (χ1n) is 9.90. The number of halogens is 2. The minimum absolute atomic E-state index is 0.0423. The van der Waals surface area contributed by atoms with E-state index in [2.05, 4.69) is 5.32 Å². The Morgan fingerprint density at radius 3 is 2.74 bits per heavy atom. The maximum Gasteiger partial charge on any atom is 0.276 e. The predicted molar refractivity (Wildman–Crippen MR) is 107 cm³/mol. The molecule has 2 unspecified atom stereocenters. The van der Waals surface area contributed by atoms with Gasteiger partial charge in [0.05, 0.1) is 6.54 Å². The van der Waals surface area contributed by atoms with E-state index in [-0.39, 0.29) is 42.1 Å². The highest BCUT2D eigenvalue weighted by molar-refractivity contribution is 5.99. The zero-order valence-electron chi connectivity index (χ0n) is 17.1. The van der Waals surface area contributed by atoms with Gasteiger partial charge >= 0.3 is 0 Å². The predicted octanol–water partition coefficient (Wildman–Crippen LogP) is 1.27. The van der Waals surface area contributed by atoms with Crippen molar-refractivity contribution in [1.82, 2.24) is 19.7 Å². The van der Waals surface area contributed by atoms with Crippen LogP contribution in [0, 0.1) is 11.6 Å². The number of hydrogen-bond donors (Lipinski definition) is 2. The molecular formula is C21H22F2N4O4. The lowest BCUT2D eigenvalue weighted by Crippen LogP contribution is -2.62. The Bertz CT molecular complexity index is 1130. The number of amides is 2. The molecule has 1 fully saturated rings. The van der Waals surface area contributed by atoms with Crippen molar-refractivity contribution in [1.29, 1.82) is 0 Å². The summed E-state index contributed by atoms with van der Waals surface area (Å²) in [4.78, 5) is 41.9. The summed E-state index contributed by atoms with van der Waals surface area (Å²) in [5.74, 6) is -3.66. The molecule has 164 valence electrons. The van der Waals surface area contributed by atoms with Crippen LogP contribution in [-0.4, -0.2) is 57.1 Å². The monoisotopic (exact) mass is 432 g/mol. The van der Waals surface area contributed by atoms with Crippen molar-refractivity contribution in [3.8, 4) is 5.75 Å². The van der Waals surface area contributed by atoms with Crippen LogP contribution in [-0.2, 0) is 13.1 Å². The van der Waals surface area contributed by atoms with Gasteiger partial charge in [-0.1, -0.05) is 6.07 Å². The van der Waals surface area contributed by atoms with Gasteiger partial charge in [-0.15, -0.1) is 0 Å². The van der Waals surface area contributed by atoms with Gasteiger partial charge in [0.15, 0.2) is 11.4 Å². The number of nitrogens with one attached hydrogen (secondary N) is 1. The first-order valence-corrected chi connectivity index (χ1v) is 9.90. The number of carbonyl (C=O) groups excluding carboxylic acids is 2. The van der Waals surface area contributed by atoms with Gasteiger partial charge in [-0.25, -0.2) is 8.78 Å². The van der Waals surface area contributed by atoms with Crippen LogP contribution in [0.1, 0.15) is 39.8 Å². The van der Waals surface area contributed by atoms with Crippen molar-refractivity contribution < 1.29 is 23.5 Å². The molecule has 4 rings (SSSR count). The number of rotatable bonds is 3. The van der Waals surface area contributed by atoms with Gasteiger partial charge in [0.25, 0.3) is 11.8 Å². The fourth-order valence-corrected chi connectivity index (χ4v) is 4.16. The topological polar surface area (TPSA) is 94.9 Å². The molecule has 2 aromatic rings. The van der Waals surface area contributed by atoms with Crippen LogP contribution in [0.3, 0.4) is 0 Å². The van der Waals surface area contributed by atoms with Gasteiger partial charge in [0, 0.05) is 37.0 Å². The van der Waals surface area contributed by atoms with E-state index in [1.165, 1.54) is 16.8 Å². The lowest BCUT2D eigenvalue weighted by atomic mass is 10.0. The highest BCUT2D eigenvalue weighted by atomic mass is 19.1. The maximum absolute atomic E-state index is 13.8. The summed E-state index contributed by atoms with van der Waals surface area (Å²) in [6, 6.07) is 2.89. The van der Waals surface area contributed by atoms with Crippen LogP contribution in [0.25, 0.3) is 0 Å². The molecule has 2 amide bonds. The summed E-state index contributed by atoms with van der Waals surface area (Å²) in [5, 5.41) is 12.9. The molecule has 1 saturated heterocycles. The number of aromatic hydroxyl groups is 1. The smallest absolute Gasteiger partial charge is 0.276 e. The fraction of sp³-hybridized carbons (Fsp3) is 0.381. The molecule has 2 aliphatic heterocycles. The Morgan fingerprint density at radius 1 is 1.29 bits per heavy atom. The molecule has 2 atom stereocenters. The molecule has 1 aromatic carbocycles. The molecule has 2 aliphatic rings. The maximum atomic E-state index is 13.8. The van der Waals surface area contributed by atoms with Crippen molar-refractivity contribution in [2.75, 3.05) is 13.6 Å². The highest BCUT2D eigenvalue weighted by Gasteiger charge is 2.42. The summed E-state index contributed by atoms with van der Waals surface area (Å²) in [5.41, 5.74) is -1.45. The van der Waals surface area contributed by atoms with Gasteiger partial charge in [-0.2, -0.15) is 0 Å². The van der Waals surface area contributed by atoms with Crippen LogP contribution in [0.5, 0.6) is 5.75 Å². The van der Waals surface area contributed by atoms with Crippen molar-refractivity contribution in [3.63, 3.8) is 0 Å². The largest absolute Gasteiger partial charge is 0.503 e. The molecule has 0 aliphatic carbocycles. The number of likely N-dealkylation sites (N-methyl/N-ethyl adjacent to an activating group) is 1. The normalized spacial score (nSPS) is 20.9. The van der Waals surface area contributed by atoms with E-state index in [0.29, 0.717) is 6.07 Å². The summed E-state index contributed by atoms with van der Waals surface area (Å²) >= 11 is 0. The van der Waals surface area contributed by atoms with E-state index < -0.39 is 34.6 Å². The number of hydrogen-bond acceptors (Lipinski definition) is 5. The van der Waals surface area contributed by atoms with E-state index >= 15 is 0 Å². The molecule has 0 bridgehead atoms. The summed E-state index contributed by atoms with van der Waals surface area (Å²) in [6.45, 7) is 2.71. The van der Waals surface area contributed by atoms with Crippen LogP contribution >= 0.6 is 0 Å². The Labute approximate surface area is 176 Å². The zero-order chi connectivity index (χ0) is 22.4. The first kappa shape index (κ1) is 21.0. The van der Waals surface area contributed by atoms with E-state index in [1.807, 2.05) is 18.9 Å². The minimum Gasteiger partial charge on any atom is -0.503 e. The van der Waals surface area contributed by atoms with Gasteiger partial charge < -0.3 is 19.9 Å². The number of aromatic nitrogens is 1. The minimum atomic E-state index is -0.979. The number of benzene rings is 1. The van der Waals surface area contributed by atoms with Crippen LogP contribution < -0.4 is 10.7 Å². The lowest BCUT2D eigenvalue weighted by molar-refractivity contribution is -0.0209. The van der Waals surface area contributed by atoms with Crippen molar-refractivity contribution in [2.24, 2.45) is 0 Å². The molecule has 10 heteroatoms. The Hall–Kier alpha value is -3.27. The third-order valence-corrected chi connectivity index (χ3v) is 5.96. The highest BCUT2D eigenvalue weighted by Crippen LogP contribution is 2.30. The second kappa shape index (κ2) is 7.77. The van der Waals surface area contributed by atoms with Gasteiger partial charge in [0.2, 0.25) is 5.43 Å². The zero-order valence-corrected chi connectivity index (χ0v) is 17.1. The first-order chi connectivity index (χ1) is 14.7. The standard InChI is InChI=1S/C21H22F2N4O4/c1-11-5-6-25(2)16-10-26-9-14(18(28)19(29)17(26)21(31)27(11)16)20(30)24-8-12-3-4-13(22)7-15(12)23/h3-4,7,9,11,16,29H,5-6,8,10H2,1-2H3,(H,24,30).